The molecule has 0 saturated heterocycles. The van der Waals surface area contributed by atoms with Crippen LogP contribution in [0.15, 0.2) is 0 Å². The van der Waals surface area contributed by atoms with Crippen molar-refractivity contribution in [1.29, 1.82) is 0 Å². The van der Waals surface area contributed by atoms with Crippen LogP contribution in [0.4, 0.5) is 0 Å². The Morgan fingerprint density at radius 1 is 1.38 bits per heavy atom. The zero-order chi connectivity index (χ0) is 12.0. The molecule has 0 amide bonds. The monoisotopic (exact) mass is 228 g/mol. The Hall–Kier alpha value is -0.120. The van der Waals surface area contributed by atoms with Crippen molar-refractivity contribution in [3.8, 4) is 0 Å². The Labute approximate surface area is 100 Å². The number of nitrogens with zero attached hydrogens (tertiary/aromatic N) is 1. The quantitative estimate of drug-likeness (QED) is 0.756. The molecule has 1 rings (SSSR count). The van der Waals surface area contributed by atoms with Gasteiger partial charge in [-0.2, -0.15) is 0 Å². The van der Waals surface area contributed by atoms with E-state index < -0.39 is 0 Å². The van der Waals surface area contributed by atoms with E-state index in [2.05, 4.69) is 18.7 Å². The van der Waals surface area contributed by atoms with E-state index in [1.807, 2.05) is 0 Å². The topological polar surface area (TPSA) is 38.5 Å². The first-order valence-corrected chi connectivity index (χ1v) is 6.71. The lowest BCUT2D eigenvalue weighted by atomic mass is 9.89. The molecule has 2 N–H and O–H groups in total. The van der Waals surface area contributed by atoms with Gasteiger partial charge in [0.15, 0.2) is 0 Å². The van der Waals surface area contributed by atoms with Gasteiger partial charge in [0.25, 0.3) is 0 Å². The highest BCUT2D eigenvalue weighted by atomic mass is 16.5. The Bertz CT molecular complexity index is 187. The summed E-state index contributed by atoms with van der Waals surface area (Å²) < 4.78 is 5.21. The molecule has 3 unspecified atom stereocenters. The Morgan fingerprint density at radius 2 is 2.06 bits per heavy atom. The smallest absolute Gasteiger partial charge is 0.0589 e. The molecule has 3 nitrogen and oxygen atoms in total. The van der Waals surface area contributed by atoms with Gasteiger partial charge in [-0.1, -0.05) is 19.8 Å². The fourth-order valence-electron chi connectivity index (χ4n) is 2.70. The van der Waals surface area contributed by atoms with E-state index in [9.17, 15) is 0 Å². The molecule has 16 heavy (non-hydrogen) atoms. The van der Waals surface area contributed by atoms with E-state index in [-0.39, 0.29) is 0 Å². The predicted molar refractivity (Wildman–Crippen MR) is 68.6 cm³/mol. The molecule has 0 spiro atoms. The van der Waals surface area contributed by atoms with Gasteiger partial charge in [-0.25, -0.2) is 0 Å². The Morgan fingerprint density at radius 3 is 2.62 bits per heavy atom. The maximum atomic E-state index is 6.26. The van der Waals surface area contributed by atoms with E-state index in [1.165, 1.54) is 32.1 Å². The number of ether oxygens (including phenoxy) is 1. The van der Waals surface area contributed by atoms with Crippen molar-refractivity contribution in [3.05, 3.63) is 0 Å². The maximum Gasteiger partial charge on any atom is 0.0589 e. The van der Waals surface area contributed by atoms with Crippen molar-refractivity contribution in [2.75, 3.05) is 20.3 Å². The van der Waals surface area contributed by atoms with Crippen LogP contribution in [0.2, 0.25) is 0 Å². The van der Waals surface area contributed by atoms with Gasteiger partial charge in [0.05, 0.1) is 6.61 Å². The minimum atomic E-state index is 0.361. The molecule has 0 heterocycles. The highest BCUT2D eigenvalue weighted by Crippen LogP contribution is 2.24. The molecular formula is C13H28N2O. The van der Waals surface area contributed by atoms with Crippen LogP contribution in [0.1, 0.15) is 46.0 Å². The van der Waals surface area contributed by atoms with Crippen LogP contribution in [0.3, 0.4) is 0 Å². The lowest BCUT2D eigenvalue weighted by Crippen LogP contribution is -2.53. The number of rotatable bonds is 6. The average molecular weight is 228 g/mol. The summed E-state index contributed by atoms with van der Waals surface area (Å²) in [5, 5.41) is 0. The SMILES string of the molecule is CCC(C)N(CCOC)C1CCCCC1N. The lowest BCUT2D eigenvalue weighted by Gasteiger charge is -2.41. The van der Waals surface area contributed by atoms with Gasteiger partial charge >= 0.3 is 0 Å². The molecule has 3 heteroatoms. The van der Waals surface area contributed by atoms with Crippen molar-refractivity contribution in [1.82, 2.24) is 4.90 Å². The van der Waals surface area contributed by atoms with Crippen LogP contribution in [0.5, 0.6) is 0 Å². The van der Waals surface area contributed by atoms with E-state index in [0.29, 0.717) is 18.1 Å². The maximum absolute atomic E-state index is 6.26. The van der Waals surface area contributed by atoms with Crippen LogP contribution < -0.4 is 5.73 Å². The van der Waals surface area contributed by atoms with E-state index in [4.69, 9.17) is 10.5 Å². The van der Waals surface area contributed by atoms with E-state index in [0.717, 1.165) is 13.2 Å². The molecule has 0 aromatic carbocycles. The Kier molecular flexibility index (Phi) is 6.32. The average Bonchev–Trinajstić information content (AvgIpc) is 2.31. The number of hydrogen-bond acceptors (Lipinski definition) is 3. The first kappa shape index (κ1) is 13.9. The third kappa shape index (κ3) is 3.72. The van der Waals surface area contributed by atoms with Gasteiger partial charge < -0.3 is 10.5 Å². The van der Waals surface area contributed by atoms with Gasteiger partial charge in [-0.05, 0) is 26.2 Å². The second kappa shape index (κ2) is 7.25. The molecule has 3 atom stereocenters. The first-order chi connectivity index (χ1) is 7.70. The second-order valence-corrected chi connectivity index (χ2v) is 5.00. The summed E-state index contributed by atoms with van der Waals surface area (Å²) in [6.45, 7) is 6.38. The molecule has 1 saturated carbocycles. The van der Waals surface area contributed by atoms with Crippen molar-refractivity contribution in [3.63, 3.8) is 0 Å². The fraction of sp³-hybridized carbons (Fsp3) is 1.00. The zero-order valence-corrected chi connectivity index (χ0v) is 11.1. The van der Waals surface area contributed by atoms with Gasteiger partial charge in [-0.3, -0.25) is 4.90 Å². The van der Waals surface area contributed by atoms with Crippen molar-refractivity contribution < 1.29 is 4.74 Å². The van der Waals surface area contributed by atoms with E-state index >= 15 is 0 Å². The molecular weight excluding hydrogens is 200 g/mol. The molecule has 1 fully saturated rings. The summed E-state index contributed by atoms with van der Waals surface area (Å²) in [5.74, 6) is 0. The molecule has 0 aromatic heterocycles. The molecule has 0 bridgehead atoms. The summed E-state index contributed by atoms with van der Waals surface area (Å²) in [6.07, 6.45) is 6.27. The molecule has 0 aromatic rings. The molecule has 0 aliphatic heterocycles. The predicted octanol–water partition coefficient (Wildman–Crippen LogP) is 2.00. The van der Waals surface area contributed by atoms with Gasteiger partial charge in [0, 0.05) is 31.8 Å². The van der Waals surface area contributed by atoms with Crippen molar-refractivity contribution >= 4 is 0 Å². The molecule has 1 aliphatic carbocycles. The third-order valence-electron chi connectivity index (χ3n) is 3.92. The van der Waals surface area contributed by atoms with Crippen LogP contribution in [-0.2, 0) is 4.74 Å². The highest BCUT2D eigenvalue weighted by Gasteiger charge is 2.29. The van der Waals surface area contributed by atoms with Crippen LogP contribution in [0.25, 0.3) is 0 Å². The molecule has 1 aliphatic rings. The molecule has 0 radical (unpaired) electrons. The van der Waals surface area contributed by atoms with Crippen LogP contribution in [0, 0.1) is 0 Å². The van der Waals surface area contributed by atoms with Gasteiger partial charge in [0.2, 0.25) is 0 Å². The number of methoxy groups -OCH3 is 1. The minimum absolute atomic E-state index is 0.361. The summed E-state index contributed by atoms with van der Waals surface area (Å²) >= 11 is 0. The third-order valence-corrected chi connectivity index (χ3v) is 3.92. The Balaban J connectivity index is 2.57. The summed E-state index contributed by atoms with van der Waals surface area (Å²) in [4.78, 5) is 2.56. The second-order valence-electron chi connectivity index (χ2n) is 5.00. The number of hydrogen-bond donors (Lipinski definition) is 1. The lowest BCUT2D eigenvalue weighted by molar-refractivity contribution is 0.0617. The first-order valence-electron chi connectivity index (χ1n) is 6.71. The summed E-state index contributed by atoms with van der Waals surface area (Å²) in [6, 6.07) is 1.54. The zero-order valence-electron chi connectivity index (χ0n) is 11.1. The largest absolute Gasteiger partial charge is 0.383 e. The number of nitrogens with two attached hydrogens (primary N) is 1. The summed E-state index contributed by atoms with van der Waals surface area (Å²) in [7, 11) is 1.77. The van der Waals surface area contributed by atoms with Crippen molar-refractivity contribution in [2.45, 2.75) is 64.1 Å². The van der Waals surface area contributed by atoms with Gasteiger partial charge in [0.1, 0.15) is 0 Å². The summed E-state index contributed by atoms with van der Waals surface area (Å²) in [5.41, 5.74) is 6.26. The van der Waals surface area contributed by atoms with Crippen LogP contribution in [-0.4, -0.2) is 43.3 Å². The molecule has 96 valence electrons. The van der Waals surface area contributed by atoms with E-state index in [1.54, 1.807) is 7.11 Å². The van der Waals surface area contributed by atoms with Gasteiger partial charge in [-0.15, -0.1) is 0 Å². The van der Waals surface area contributed by atoms with Crippen molar-refractivity contribution in [2.24, 2.45) is 5.73 Å². The minimum Gasteiger partial charge on any atom is -0.383 e. The standard InChI is InChI=1S/C13H28N2O/c1-4-11(2)15(9-10-16-3)13-8-6-5-7-12(13)14/h11-13H,4-10,14H2,1-3H3. The normalized spacial score (nSPS) is 28.3. The fourth-order valence-corrected chi connectivity index (χ4v) is 2.70. The highest BCUT2D eigenvalue weighted by molar-refractivity contribution is 4.87. The van der Waals surface area contributed by atoms with Crippen LogP contribution >= 0.6 is 0 Å².